The lowest BCUT2D eigenvalue weighted by atomic mass is 9.97. The summed E-state index contributed by atoms with van der Waals surface area (Å²) in [4.78, 5) is 54.6. The monoisotopic (exact) mass is 660 g/mol. The number of alkyl halides is 1. The van der Waals surface area contributed by atoms with Gasteiger partial charge < -0.3 is 41.4 Å². The summed E-state index contributed by atoms with van der Waals surface area (Å²) in [6, 6.07) is -1.24. The first-order valence-corrected chi connectivity index (χ1v) is 14.7. The number of anilines is 2. The maximum atomic E-state index is 16.0. The van der Waals surface area contributed by atoms with Gasteiger partial charge in [0.15, 0.2) is 35.4 Å². The number of imidazole rings is 2. The number of aliphatic hydroxyl groups excluding tert-OH is 4. The molecule has 0 spiro atoms. The van der Waals surface area contributed by atoms with Crippen LogP contribution in [0.15, 0.2) is 20.6 Å². The number of ether oxygens (including phenoxy) is 2. The molecular weight excluding hydrogens is 627 g/mol. The first kappa shape index (κ1) is 32.3. The zero-order chi connectivity index (χ0) is 33.9. The fourth-order valence-electron chi connectivity index (χ4n) is 6.45. The van der Waals surface area contributed by atoms with Crippen molar-refractivity contribution in [2.75, 3.05) is 18.1 Å². The summed E-state index contributed by atoms with van der Waals surface area (Å²) >= 11 is 0. The molecule has 0 aliphatic carbocycles. The van der Waals surface area contributed by atoms with Crippen LogP contribution in [0.3, 0.4) is 0 Å². The Labute approximate surface area is 262 Å². The van der Waals surface area contributed by atoms with Gasteiger partial charge in [0.2, 0.25) is 11.9 Å². The van der Waals surface area contributed by atoms with E-state index in [1.807, 2.05) is 0 Å². The molecule has 0 saturated carbocycles. The Hall–Kier alpha value is -4.65. The molecule has 2 saturated heterocycles. The average molecular weight is 661 g/mol. The summed E-state index contributed by atoms with van der Waals surface area (Å²) in [6.45, 7) is 0.958. The molecule has 2 fully saturated rings. The molecule has 2 aliphatic heterocycles. The van der Waals surface area contributed by atoms with Gasteiger partial charge in [-0.2, -0.15) is 9.97 Å². The van der Waals surface area contributed by atoms with Crippen LogP contribution in [-0.4, -0.2) is 102 Å². The minimum absolute atomic E-state index is 0.0179. The lowest BCUT2D eigenvalue weighted by Gasteiger charge is -2.29. The lowest BCUT2D eigenvalue weighted by molar-refractivity contribution is -0.0942. The molecular formula is C27H33FN10O9. The molecule has 19 nitrogen and oxygen atoms in total. The van der Waals surface area contributed by atoms with Gasteiger partial charge in [-0.1, -0.05) is 19.3 Å². The Morgan fingerprint density at radius 1 is 1.15 bits per heavy atom. The first-order chi connectivity index (χ1) is 22.4. The number of aromatic nitrogens is 8. The van der Waals surface area contributed by atoms with Crippen LogP contribution < -0.4 is 28.4 Å². The molecule has 9 N–H and O–H groups in total. The Balaban J connectivity index is 1.44. The molecule has 2 aliphatic rings. The highest BCUT2D eigenvalue weighted by Gasteiger charge is 2.52. The second-order valence-corrected chi connectivity index (χ2v) is 11.4. The number of fused-ring (bicyclic) bond motifs is 2. The number of nitrogens with zero attached hydrogens (tertiary/aromatic N) is 7. The van der Waals surface area contributed by atoms with E-state index in [1.54, 1.807) is 6.92 Å². The third-order valence-electron chi connectivity index (χ3n) is 8.50. The van der Waals surface area contributed by atoms with Gasteiger partial charge in [0, 0.05) is 6.42 Å². The van der Waals surface area contributed by atoms with E-state index in [2.05, 4.69) is 25.9 Å². The average Bonchev–Trinajstić information content (AvgIpc) is 3.71. The fourth-order valence-corrected chi connectivity index (χ4v) is 6.45. The van der Waals surface area contributed by atoms with E-state index in [-0.39, 0.29) is 53.6 Å². The van der Waals surface area contributed by atoms with Crippen LogP contribution in [0.5, 0.6) is 0 Å². The van der Waals surface area contributed by atoms with Crippen LogP contribution in [-0.2, 0) is 16.0 Å². The second kappa shape index (κ2) is 12.2. The predicted octanol–water partition coefficient (Wildman–Crippen LogP) is -2.77. The number of nitrogens with two attached hydrogens (primary N) is 2. The van der Waals surface area contributed by atoms with Crippen LogP contribution >= 0.6 is 0 Å². The van der Waals surface area contributed by atoms with Gasteiger partial charge in [-0.05, 0) is 6.42 Å². The second-order valence-electron chi connectivity index (χ2n) is 11.4. The fraction of sp³-hybridized carbons (Fsp3) is 0.556. The van der Waals surface area contributed by atoms with Crippen molar-refractivity contribution in [1.82, 2.24) is 38.2 Å². The Morgan fingerprint density at radius 3 is 2.53 bits per heavy atom. The number of terminal acetylenes is 1. The number of aliphatic hydroxyl groups is 4. The molecule has 4 aromatic rings. The van der Waals surface area contributed by atoms with E-state index in [4.69, 9.17) is 27.4 Å². The van der Waals surface area contributed by atoms with Crippen LogP contribution in [0.2, 0.25) is 0 Å². The topological polar surface area (TPSA) is 277 Å². The van der Waals surface area contributed by atoms with E-state index in [0.29, 0.717) is 6.42 Å². The van der Waals surface area contributed by atoms with Gasteiger partial charge in [0.05, 0.1) is 31.5 Å². The summed E-state index contributed by atoms with van der Waals surface area (Å²) < 4.78 is 31.3. The maximum absolute atomic E-state index is 16.0. The molecule has 47 heavy (non-hydrogen) atoms. The molecule has 0 aromatic carbocycles. The van der Waals surface area contributed by atoms with Gasteiger partial charge in [-0.3, -0.25) is 18.9 Å². The molecule has 0 bridgehead atoms. The predicted molar refractivity (Wildman–Crippen MR) is 160 cm³/mol. The van der Waals surface area contributed by atoms with E-state index < -0.39 is 78.7 Å². The molecule has 2 unspecified atom stereocenters. The van der Waals surface area contributed by atoms with Gasteiger partial charge in [-0.15, -0.1) is 6.42 Å². The summed E-state index contributed by atoms with van der Waals surface area (Å²) in [6.07, 6.45) is -6.03. The smallest absolute Gasteiger partial charge is 0.333 e. The van der Waals surface area contributed by atoms with E-state index >= 15 is 4.39 Å². The first-order valence-electron chi connectivity index (χ1n) is 14.7. The number of hydrogen-bond donors (Lipinski definition) is 7. The minimum atomic E-state index is -2.31. The van der Waals surface area contributed by atoms with E-state index in [9.17, 15) is 34.8 Å². The number of rotatable bonds is 9. The van der Waals surface area contributed by atoms with Crippen molar-refractivity contribution in [1.29, 1.82) is 0 Å². The molecule has 6 rings (SSSR count). The van der Waals surface area contributed by atoms with Crippen molar-refractivity contribution in [3.8, 4) is 12.3 Å². The summed E-state index contributed by atoms with van der Waals surface area (Å²) in [5, 5.41) is 43.0. The molecule has 0 radical (unpaired) electrons. The molecule has 0 amide bonds. The third-order valence-corrected chi connectivity index (χ3v) is 8.50. The normalized spacial score (nSPS) is 27.5. The van der Waals surface area contributed by atoms with Crippen molar-refractivity contribution in [2.45, 2.75) is 87.9 Å². The Morgan fingerprint density at radius 2 is 1.87 bits per heavy atom. The third kappa shape index (κ3) is 5.07. The Bertz CT molecular complexity index is 2050. The molecule has 9 atom stereocenters. The molecule has 6 heterocycles. The van der Waals surface area contributed by atoms with Crippen molar-refractivity contribution in [3.63, 3.8) is 0 Å². The highest BCUT2D eigenvalue weighted by Crippen LogP contribution is 2.38. The highest BCUT2D eigenvalue weighted by atomic mass is 19.1. The van der Waals surface area contributed by atoms with E-state index in [1.165, 1.54) is 6.20 Å². The van der Waals surface area contributed by atoms with Crippen molar-refractivity contribution in [2.24, 2.45) is 0 Å². The van der Waals surface area contributed by atoms with Crippen LogP contribution in [0.1, 0.15) is 44.7 Å². The van der Waals surface area contributed by atoms with Crippen LogP contribution in [0.25, 0.3) is 22.3 Å². The summed E-state index contributed by atoms with van der Waals surface area (Å²) in [5.41, 5.74) is 8.30. The largest absolute Gasteiger partial charge is 0.394 e. The SMILES string of the molecule is C#CCn1c(=O)n([C@@H]2O[C@H](C(O)C(CCC)n3c(=O)n([C@@H]4O[C@H](CO)C[C@H]4O)c4nc(N)ncc43)[C@H](F)[C@H]2O)c2nc(N)[nH]c(=O)c21. The lowest BCUT2D eigenvalue weighted by Crippen LogP contribution is -2.44. The number of nitrogens with one attached hydrogen (secondary N) is 1. The number of H-pyrrole nitrogens is 1. The zero-order valence-electron chi connectivity index (χ0n) is 24.9. The van der Waals surface area contributed by atoms with Gasteiger partial charge in [-0.25, -0.2) is 28.1 Å². The number of aromatic amines is 1. The summed E-state index contributed by atoms with van der Waals surface area (Å²) in [5.74, 6) is 1.66. The molecule has 20 heteroatoms. The standard InChI is InChI=1S/C27H33FN10O9/c1-3-5-11(36-12-8-31-24(29)32-19(12)37(27(36)45)22-13(40)7-10(9-39)46-22)16(41)18-14(28)17(42)23(47-18)38-20-15(21(43)34-25(30)33-20)35(6-4-2)26(38)44/h2,8,10-11,13-14,16-18,22-23,39-42H,3,5-7,9H2,1H3,(H2,29,31,32)(H3,30,33,34,43)/t10-,11?,13+,14+,16?,17+,18-,22+,23+/m0/s1. The van der Waals surface area contributed by atoms with Crippen LogP contribution in [0, 0.1) is 12.3 Å². The quantitative estimate of drug-likeness (QED) is 0.0896. The number of halogens is 1. The molecule has 252 valence electrons. The van der Waals surface area contributed by atoms with Crippen molar-refractivity contribution in [3.05, 3.63) is 37.5 Å². The highest BCUT2D eigenvalue weighted by molar-refractivity contribution is 5.73. The van der Waals surface area contributed by atoms with E-state index in [0.717, 1.165) is 18.3 Å². The number of hydrogen-bond acceptors (Lipinski definition) is 14. The maximum Gasteiger partial charge on any atom is 0.333 e. The molecule has 4 aromatic heterocycles. The van der Waals surface area contributed by atoms with Gasteiger partial charge in [0.1, 0.15) is 29.9 Å². The Kier molecular flexibility index (Phi) is 8.37. The van der Waals surface area contributed by atoms with Gasteiger partial charge >= 0.3 is 11.4 Å². The van der Waals surface area contributed by atoms with Gasteiger partial charge in [0.25, 0.3) is 5.56 Å². The zero-order valence-corrected chi connectivity index (χ0v) is 24.9. The van der Waals surface area contributed by atoms with Crippen molar-refractivity contribution >= 4 is 34.2 Å². The number of nitrogen functional groups attached to an aromatic ring is 2. The summed E-state index contributed by atoms with van der Waals surface area (Å²) in [7, 11) is 0. The van der Waals surface area contributed by atoms with Crippen molar-refractivity contribution < 1.29 is 34.3 Å². The minimum Gasteiger partial charge on any atom is -0.394 e. The van der Waals surface area contributed by atoms with Crippen LogP contribution in [0.4, 0.5) is 16.3 Å².